The molecule has 1 fully saturated rings. The van der Waals surface area contributed by atoms with Crippen LogP contribution in [0.4, 0.5) is 0 Å². The van der Waals surface area contributed by atoms with Crippen LogP contribution in [0.15, 0.2) is 63.1 Å². The summed E-state index contributed by atoms with van der Waals surface area (Å²) in [6.07, 6.45) is -0.0762. The van der Waals surface area contributed by atoms with Gasteiger partial charge in [0.25, 0.3) is 10.0 Å². The molecule has 0 unspecified atom stereocenters. The van der Waals surface area contributed by atoms with E-state index in [1.165, 1.54) is 12.1 Å². The van der Waals surface area contributed by atoms with Crippen LogP contribution in [0.5, 0.6) is 0 Å². The smallest absolute Gasteiger partial charge is 0.358 e. The molecule has 1 aliphatic rings. The maximum Gasteiger partial charge on any atom is 0.358 e. The third-order valence-corrected chi connectivity index (χ3v) is 6.76. The Balaban J connectivity index is 1.80. The number of oxime groups is 1. The number of amides is 1. The van der Waals surface area contributed by atoms with Crippen molar-refractivity contribution in [3.05, 3.63) is 64.1 Å². The van der Waals surface area contributed by atoms with Gasteiger partial charge in [0.05, 0.1) is 4.90 Å². The number of amidine groups is 1. The van der Waals surface area contributed by atoms with Crippen molar-refractivity contribution in [1.29, 1.82) is 0 Å². The number of carbonyl (C=O) groups excluding carboxylic acids is 2. The van der Waals surface area contributed by atoms with Gasteiger partial charge in [-0.2, -0.15) is 0 Å². The number of rotatable bonds is 5. The number of benzene rings is 2. The highest BCUT2D eigenvalue weighted by molar-refractivity contribution is 9.10. The van der Waals surface area contributed by atoms with E-state index < -0.39 is 27.9 Å². The number of hydrogen-bond donors (Lipinski definition) is 1. The molecular formula is C19H18BrN3O5S. The van der Waals surface area contributed by atoms with Gasteiger partial charge in [-0.05, 0) is 37.6 Å². The van der Waals surface area contributed by atoms with E-state index >= 15 is 0 Å². The maximum atomic E-state index is 12.9. The topological polar surface area (TPSA) is 119 Å². The van der Waals surface area contributed by atoms with Crippen molar-refractivity contribution in [3.8, 4) is 0 Å². The number of nitrogens with two attached hydrogens (primary N) is 1. The first kappa shape index (κ1) is 21.0. The lowest BCUT2D eigenvalue weighted by Crippen LogP contribution is -2.43. The molecule has 29 heavy (non-hydrogen) atoms. The summed E-state index contributed by atoms with van der Waals surface area (Å²) in [6.45, 7) is 1.81. The second-order valence-corrected chi connectivity index (χ2v) is 9.19. The molecule has 0 bridgehead atoms. The molecule has 2 aromatic carbocycles. The first-order valence-corrected chi connectivity index (χ1v) is 10.9. The van der Waals surface area contributed by atoms with Crippen molar-refractivity contribution < 1.29 is 22.8 Å². The minimum atomic E-state index is -4.20. The Labute approximate surface area is 176 Å². The lowest BCUT2D eigenvalue weighted by molar-refractivity contribution is -0.149. The number of hydrogen-bond acceptors (Lipinski definition) is 6. The van der Waals surface area contributed by atoms with Crippen molar-refractivity contribution >= 4 is 43.7 Å². The number of aryl methyl sites for hydroxylation is 1. The van der Waals surface area contributed by atoms with E-state index in [2.05, 4.69) is 21.1 Å². The fraction of sp³-hybridized carbons (Fsp3) is 0.211. The second kappa shape index (κ2) is 8.34. The van der Waals surface area contributed by atoms with Crippen LogP contribution in [0.25, 0.3) is 0 Å². The fourth-order valence-electron chi connectivity index (χ4n) is 2.83. The van der Waals surface area contributed by atoms with E-state index in [1.54, 1.807) is 36.4 Å². The molecule has 0 aliphatic carbocycles. The summed E-state index contributed by atoms with van der Waals surface area (Å²) in [5.74, 6) is -1.69. The van der Waals surface area contributed by atoms with E-state index in [9.17, 15) is 18.0 Å². The Hall–Kier alpha value is -2.72. The Morgan fingerprint density at radius 3 is 2.41 bits per heavy atom. The average molecular weight is 480 g/mol. The maximum absolute atomic E-state index is 12.9. The standard InChI is InChI=1S/C19H18BrN3O5S/c1-12-2-8-15(9-3-12)29(26,27)23-16(10-11-17(23)24)19(25)28-22-18(21)13-4-6-14(20)7-5-13/h2-9,16H,10-11H2,1H3,(H2,21,22)/t16-/m1/s1. The molecule has 1 amide bonds. The average Bonchev–Trinajstić information content (AvgIpc) is 3.09. The summed E-state index contributed by atoms with van der Waals surface area (Å²) in [4.78, 5) is 29.5. The first-order valence-electron chi connectivity index (χ1n) is 8.64. The largest absolute Gasteiger partial charge is 0.380 e. The van der Waals surface area contributed by atoms with Crippen molar-refractivity contribution in [1.82, 2.24) is 4.31 Å². The van der Waals surface area contributed by atoms with Gasteiger partial charge in [0.1, 0.15) is 6.04 Å². The van der Waals surface area contributed by atoms with E-state index in [-0.39, 0.29) is 23.6 Å². The van der Waals surface area contributed by atoms with E-state index in [1.807, 2.05) is 6.92 Å². The lowest BCUT2D eigenvalue weighted by Gasteiger charge is -2.22. The van der Waals surface area contributed by atoms with Crippen LogP contribution in [0.1, 0.15) is 24.0 Å². The van der Waals surface area contributed by atoms with Gasteiger partial charge >= 0.3 is 5.97 Å². The Kier molecular flexibility index (Phi) is 6.04. The van der Waals surface area contributed by atoms with Crippen LogP contribution in [-0.2, 0) is 24.4 Å². The SMILES string of the molecule is Cc1ccc(S(=O)(=O)N2C(=O)CC[C@@H]2C(=O)ON=C(N)c2ccc(Br)cc2)cc1. The summed E-state index contributed by atoms with van der Waals surface area (Å²) < 4.78 is 27.2. The molecule has 0 spiro atoms. The fourth-order valence-corrected chi connectivity index (χ4v) is 4.69. The molecule has 10 heteroatoms. The summed E-state index contributed by atoms with van der Waals surface area (Å²) in [5, 5.41) is 3.59. The second-order valence-electron chi connectivity index (χ2n) is 6.46. The van der Waals surface area contributed by atoms with Crippen LogP contribution in [0.2, 0.25) is 0 Å². The molecule has 0 aromatic heterocycles. The Bertz CT molecular complexity index is 1070. The van der Waals surface area contributed by atoms with Crippen LogP contribution >= 0.6 is 15.9 Å². The number of sulfonamides is 1. The molecule has 1 saturated heterocycles. The number of nitrogens with zero attached hydrogens (tertiary/aromatic N) is 2. The first-order chi connectivity index (χ1) is 13.7. The third-order valence-electron chi connectivity index (χ3n) is 4.38. The van der Waals surface area contributed by atoms with Crippen molar-refractivity contribution in [3.63, 3.8) is 0 Å². The van der Waals surface area contributed by atoms with Crippen LogP contribution in [-0.4, -0.2) is 36.5 Å². The van der Waals surface area contributed by atoms with Gasteiger partial charge < -0.3 is 10.6 Å². The van der Waals surface area contributed by atoms with Gasteiger partial charge in [-0.3, -0.25) is 4.79 Å². The predicted molar refractivity (Wildman–Crippen MR) is 109 cm³/mol. The molecule has 0 saturated carbocycles. The van der Waals surface area contributed by atoms with E-state index in [4.69, 9.17) is 10.6 Å². The molecular weight excluding hydrogens is 462 g/mol. The lowest BCUT2D eigenvalue weighted by atomic mass is 10.2. The molecule has 3 rings (SSSR count). The Morgan fingerprint density at radius 2 is 1.79 bits per heavy atom. The minimum Gasteiger partial charge on any atom is -0.380 e. The highest BCUT2D eigenvalue weighted by Crippen LogP contribution is 2.28. The molecule has 2 aromatic rings. The zero-order valence-corrected chi connectivity index (χ0v) is 17.8. The quantitative estimate of drug-likeness (QED) is 0.304. The van der Waals surface area contributed by atoms with E-state index in [0.29, 0.717) is 9.87 Å². The molecule has 8 nitrogen and oxygen atoms in total. The van der Waals surface area contributed by atoms with Gasteiger partial charge in [-0.1, -0.05) is 50.9 Å². The van der Waals surface area contributed by atoms with Gasteiger partial charge in [0.15, 0.2) is 5.84 Å². The summed E-state index contributed by atoms with van der Waals surface area (Å²) in [6, 6.07) is 11.5. The number of carbonyl (C=O) groups is 2. The normalized spacial score (nSPS) is 17.4. The van der Waals surface area contributed by atoms with Crippen molar-refractivity contribution in [2.75, 3.05) is 0 Å². The monoisotopic (exact) mass is 479 g/mol. The van der Waals surface area contributed by atoms with Crippen molar-refractivity contribution in [2.45, 2.75) is 30.7 Å². The van der Waals surface area contributed by atoms with Gasteiger partial charge in [-0.25, -0.2) is 17.5 Å². The highest BCUT2D eigenvalue weighted by atomic mass is 79.9. The molecule has 1 atom stereocenters. The Morgan fingerprint density at radius 1 is 1.17 bits per heavy atom. The molecule has 2 N–H and O–H groups in total. The zero-order valence-electron chi connectivity index (χ0n) is 15.4. The molecule has 1 aliphatic heterocycles. The third kappa shape index (κ3) is 4.48. The summed E-state index contributed by atoms with van der Waals surface area (Å²) in [5.41, 5.74) is 7.19. The number of halogens is 1. The van der Waals surface area contributed by atoms with Crippen LogP contribution in [0, 0.1) is 6.92 Å². The van der Waals surface area contributed by atoms with E-state index in [0.717, 1.165) is 10.0 Å². The van der Waals surface area contributed by atoms with Crippen LogP contribution in [0.3, 0.4) is 0 Å². The molecule has 152 valence electrons. The van der Waals surface area contributed by atoms with Gasteiger partial charge in [-0.15, -0.1) is 0 Å². The van der Waals surface area contributed by atoms with Crippen LogP contribution < -0.4 is 5.73 Å². The summed E-state index contributed by atoms with van der Waals surface area (Å²) in [7, 11) is -4.20. The zero-order chi connectivity index (χ0) is 21.2. The van der Waals surface area contributed by atoms with Crippen molar-refractivity contribution in [2.24, 2.45) is 10.9 Å². The minimum absolute atomic E-state index is 0.0104. The van der Waals surface area contributed by atoms with Gasteiger partial charge in [0, 0.05) is 16.5 Å². The van der Waals surface area contributed by atoms with Gasteiger partial charge in [0.2, 0.25) is 5.91 Å². The predicted octanol–water partition coefficient (Wildman–Crippen LogP) is 2.30. The molecule has 0 radical (unpaired) electrons. The molecule has 1 heterocycles. The highest BCUT2D eigenvalue weighted by Gasteiger charge is 2.45. The summed E-state index contributed by atoms with van der Waals surface area (Å²) >= 11 is 3.29.